The van der Waals surface area contributed by atoms with Crippen LogP contribution in [0.5, 0.6) is 0 Å². The molecule has 0 aliphatic carbocycles. The van der Waals surface area contributed by atoms with Gasteiger partial charge in [0.2, 0.25) is 5.95 Å². The Kier molecular flexibility index (Phi) is 5.96. The molecule has 2 fully saturated rings. The molecule has 162 valence electrons. The van der Waals surface area contributed by atoms with Crippen molar-refractivity contribution in [2.24, 2.45) is 0 Å². The molecule has 0 spiro atoms. The van der Waals surface area contributed by atoms with E-state index in [4.69, 9.17) is 0 Å². The quantitative estimate of drug-likeness (QED) is 0.632. The summed E-state index contributed by atoms with van der Waals surface area (Å²) in [7, 11) is -3.30. The van der Waals surface area contributed by atoms with Gasteiger partial charge in [0, 0.05) is 51.1 Å². The van der Waals surface area contributed by atoms with E-state index in [-0.39, 0.29) is 11.6 Å². The second kappa shape index (κ2) is 8.65. The maximum atomic E-state index is 12.2. The van der Waals surface area contributed by atoms with Gasteiger partial charge in [0.1, 0.15) is 5.82 Å². The number of hydrogen-bond donors (Lipinski definition) is 3. The molecule has 0 saturated carbocycles. The molecule has 0 amide bonds. The number of aromatic nitrogens is 2. The van der Waals surface area contributed by atoms with Gasteiger partial charge < -0.3 is 20.4 Å². The third-order valence-electron chi connectivity index (χ3n) is 5.56. The van der Waals surface area contributed by atoms with Crippen LogP contribution in [-0.2, 0) is 9.84 Å². The lowest BCUT2D eigenvalue weighted by molar-refractivity contribution is 0.479. The number of piperidine rings is 1. The summed E-state index contributed by atoms with van der Waals surface area (Å²) in [6, 6.07) is 8.84. The summed E-state index contributed by atoms with van der Waals surface area (Å²) in [4.78, 5) is 24.1. The number of H-pyrrole nitrogens is 1. The fraction of sp³-hybridized carbons (Fsp3) is 0.500. The lowest BCUT2D eigenvalue weighted by Gasteiger charge is -2.37. The molecule has 0 radical (unpaired) electrons. The standard InChI is InChI=1S/C20H28N6O3S/c1-30(28,29)17-7-3-2-6-16(17)25-9-11-26(12-10-25)20-23-18(13-19(27)24-20)22-15-5-4-8-21-14-15/h2-3,6-7,13,15,21H,4-5,8-12,14H2,1H3,(H2,22,23,24,27). The minimum Gasteiger partial charge on any atom is -0.367 e. The Labute approximate surface area is 176 Å². The molecule has 3 heterocycles. The lowest BCUT2D eigenvalue weighted by atomic mass is 10.1. The van der Waals surface area contributed by atoms with Crippen LogP contribution >= 0.6 is 0 Å². The summed E-state index contributed by atoms with van der Waals surface area (Å²) in [5.74, 6) is 1.14. The summed E-state index contributed by atoms with van der Waals surface area (Å²) in [5, 5.41) is 6.71. The maximum Gasteiger partial charge on any atom is 0.254 e. The molecular formula is C20H28N6O3S. The zero-order valence-corrected chi connectivity index (χ0v) is 17.9. The van der Waals surface area contributed by atoms with Crippen LogP contribution in [0.4, 0.5) is 17.5 Å². The van der Waals surface area contributed by atoms with Crippen molar-refractivity contribution in [2.75, 3.05) is 60.6 Å². The van der Waals surface area contributed by atoms with Crippen molar-refractivity contribution in [3.8, 4) is 0 Å². The van der Waals surface area contributed by atoms with Crippen LogP contribution in [0.2, 0.25) is 0 Å². The van der Waals surface area contributed by atoms with Crippen molar-refractivity contribution in [1.29, 1.82) is 0 Å². The Morgan fingerprint density at radius 1 is 1.13 bits per heavy atom. The first-order valence-corrected chi connectivity index (χ1v) is 12.2. The molecule has 1 aromatic carbocycles. The van der Waals surface area contributed by atoms with Gasteiger partial charge >= 0.3 is 0 Å². The smallest absolute Gasteiger partial charge is 0.254 e. The lowest BCUT2D eigenvalue weighted by Crippen LogP contribution is -2.48. The molecule has 4 rings (SSSR count). The van der Waals surface area contributed by atoms with E-state index >= 15 is 0 Å². The molecule has 2 aliphatic heterocycles. The number of rotatable bonds is 5. The summed E-state index contributed by atoms with van der Waals surface area (Å²) in [6.07, 6.45) is 3.39. The molecule has 2 aliphatic rings. The van der Waals surface area contributed by atoms with E-state index in [1.54, 1.807) is 12.1 Å². The molecule has 1 atom stereocenters. The number of hydrogen-bond acceptors (Lipinski definition) is 8. The van der Waals surface area contributed by atoms with Gasteiger partial charge in [0.15, 0.2) is 9.84 Å². The number of anilines is 3. The van der Waals surface area contributed by atoms with Crippen molar-refractivity contribution in [1.82, 2.24) is 15.3 Å². The third-order valence-corrected chi connectivity index (χ3v) is 6.71. The predicted molar refractivity (Wildman–Crippen MR) is 118 cm³/mol. The van der Waals surface area contributed by atoms with Crippen LogP contribution in [0, 0.1) is 0 Å². The van der Waals surface area contributed by atoms with Gasteiger partial charge in [-0.15, -0.1) is 0 Å². The molecule has 10 heteroatoms. The highest BCUT2D eigenvalue weighted by molar-refractivity contribution is 7.90. The zero-order chi connectivity index (χ0) is 21.1. The minimum absolute atomic E-state index is 0.184. The summed E-state index contributed by atoms with van der Waals surface area (Å²) < 4.78 is 24.2. The number of benzene rings is 1. The number of sulfone groups is 1. The number of piperazine rings is 1. The van der Waals surface area contributed by atoms with Gasteiger partial charge in [-0.3, -0.25) is 9.78 Å². The number of nitrogens with zero attached hydrogens (tertiary/aromatic N) is 3. The second-order valence-electron chi connectivity index (χ2n) is 7.86. The van der Waals surface area contributed by atoms with Crippen LogP contribution in [0.25, 0.3) is 0 Å². The van der Waals surface area contributed by atoms with E-state index < -0.39 is 9.84 Å². The van der Waals surface area contributed by atoms with Gasteiger partial charge in [0.05, 0.1) is 10.6 Å². The first kappa shape index (κ1) is 20.7. The highest BCUT2D eigenvalue weighted by Gasteiger charge is 2.24. The van der Waals surface area contributed by atoms with Crippen molar-refractivity contribution < 1.29 is 8.42 Å². The minimum atomic E-state index is -3.30. The molecule has 2 aromatic rings. The normalized spacial score (nSPS) is 20.2. The van der Waals surface area contributed by atoms with Crippen LogP contribution in [-0.4, -0.2) is 70.0 Å². The third kappa shape index (κ3) is 4.76. The molecule has 1 aromatic heterocycles. The predicted octanol–water partition coefficient (Wildman–Crippen LogP) is 0.664. The van der Waals surface area contributed by atoms with Crippen molar-refractivity contribution in [3.63, 3.8) is 0 Å². The average molecular weight is 433 g/mol. The van der Waals surface area contributed by atoms with Gasteiger partial charge in [-0.05, 0) is 31.5 Å². The van der Waals surface area contributed by atoms with Gasteiger partial charge in [-0.2, -0.15) is 4.98 Å². The van der Waals surface area contributed by atoms with Crippen LogP contribution < -0.4 is 26.0 Å². The first-order chi connectivity index (χ1) is 14.4. The average Bonchev–Trinajstić information content (AvgIpc) is 2.74. The van der Waals surface area contributed by atoms with E-state index in [1.807, 2.05) is 17.0 Å². The Bertz CT molecular complexity index is 1040. The SMILES string of the molecule is CS(=O)(=O)c1ccccc1N1CCN(c2nc(NC3CCCNC3)cc(=O)[nH]2)CC1. The van der Waals surface area contributed by atoms with Crippen LogP contribution in [0.1, 0.15) is 12.8 Å². The van der Waals surface area contributed by atoms with E-state index in [0.717, 1.165) is 31.6 Å². The van der Waals surface area contributed by atoms with Crippen LogP contribution in [0.3, 0.4) is 0 Å². The monoisotopic (exact) mass is 432 g/mol. The van der Waals surface area contributed by atoms with Crippen molar-refractivity contribution >= 4 is 27.3 Å². The number of nitrogens with one attached hydrogen (secondary N) is 3. The zero-order valence-electron chi connectivity index (χ0n) is 17.1. The number of aromatic amines is 1. The van der Waals surface area contributed by atoms with Gasteiger partial charge in [-0.1, -0.05) is 12.1 Å². The van der Waals surface area contributed by atoms with Crippen molar-refractivity contribution in [2.45, 2.75) is 23.8 Å². The van der Waals surface area contributed by atoms with E-state index in [2.05, 4.69) is 25.5 Å². The van der Waals surface area contributed by atoms with E-state index in [1.165, 1.54) is 12.3 Å². The molecule has 0 bridgehead atoms. The molecule has 3 N–H and O–H groups in total. The molecule has 9 nitrogen and oxygen atoms in total. The molecule has 30 heavy (non-hydrogen) atoms. The maximum absolute atomic E-state index is 12.2. The Morgan fingerprint density at radius 2 is 1.87 bits per heavy atom. The largest absolute Gasteiger partial charge is 0.367 e. The Balaban J connectivity index is 1.46. The topological polar surface area (TPSA) is 110 Å². The van der Waals surface area contributed by atoms with E-state index in [9.17, 15) is 13.2 Å². The fourth-order valence-corrected chi connectivity index (χ4v) is 4.95. The Hall–Kier alpha value is -2.59. The van der Waals surface area contributed by atoms with Gasteiger partial charge in [0.25, 0.3) is 5.56 Å². The highest BCUT2D eigenvalue weighted by atomic mass is 32.2. The van der Waals surface area contributed by atoms with Crippen molar-refractivity contribution in [3.05, 3.63) is 40.7 Å². The second-order valence-corrected chi connectivity index (χ2v) is 9.84. The van der Waals surface area contributed by atoms with Gasteiger partial charge in [-0.25, -0.2) is 8.42 Å². The number of para-hydroxylation sites is 1. The summed E-state index contributed by atoms with van der Waals surface area (Å²) >= 11 is 0. The molecular weight excluding hydrogens is 404 g/mol. The highest BCUT2D eigenvalue weighted by Crippen LogP contribution is 2.26. The molecule has 2 saturated heterocycles. The Morgan fingerprint density at radius 3 is 2.57 bits per heavy atom. The van der Waals surface area contributed by atoms with Crippen LogP contribution in [0.15, 0.2) is 40.0 Å². The summed E-state index contributed by atoms with van der Waals surface area (Å²) in [5.41, 5.74) is 0.539. The first-order valence-electron chi connectivity index (χ1n) is 10.3. The molecule has 1 unspecified atom stereocenters. The van der Waals surface area contributed by atoms with E-state index in [0.29, 0.717) is 42.8 Å². The fourth-order valence-electron chi connectivity index (χ4n) is 4.04. The summed E-state index contributed by atoms with van der Waals surface area (Å²) in [6.45, 7) is 4.44.